The fourth-order valence-corrected chi connectivity index (χ4v) is 10.1. The van der Waals surface area contributed by atoms with Crippen LogP contribution in [0.1, 0.15) is 85.5 Å². The summed E-state index contributed by atoms with van der Waals surface area (Å²) in [6, 6.07) is 15.2. The third-order valence-corrected chi connectivity index (χ3v) is 14.8. The van der Waals surface area contributed by atoms with Crippen molar-refractivity contribution in [3.8, 4) is 0 Å². The molecular formula is C52H60F10N6O6. The molecule has 404 valence electrons. The van der Waals surface area contributed by atoms with E-state index in [-0.39, 0.29) is 88.2 Å². The number of amides is 4. The van der Waals surface area contributed by atoms with Gasteiger partial charge in [0.1, 0.15) is 11.6 Å². The van der Waals surface area contributed by atoms with Gasteiger partial charge in [-0.2, -0.15) is 26.3 Å². The first-order valence-electron chi connectivity index (χ1n) is 24.5. The predicted molar refractivity (Wildman–Crippen MR) is 254 cm³/mol. The first kappa shape index (κ1) is 56.2. The van der Waals surface area contributed by atoms with Crippen molar-refractivity contribution in [3.63, 3.8) is 0 Å². The Hall–Kier alpha value is -5.52. The van der Waals surface area contributed by atoms with Crippen LogP contribution in [0.3, 0.4) is 0 Å². The molecule has 4 aromatic rings. The number of halogens is 10. The summed E-state index contributed by atoms with van der Waals surface area (Å²) in [5.41, 5.74) is -2.27. The number of aliphatic hydroxyl groups is 4. The fourth-order valence-electron chi connectivity index (χ4n) is 10.1. The topological polar surface area (TPSA) is 152 Å². The van der Waals surface area contributed by atoms with Crippen LogP contribution in [-0.2, 0) is 12.4 Å². The number of urea groups is 2. The molecule has 0 radical (unpaired) electrons. The molecule has 0 aromatic heterocycles. The number of aliphatic hydroxyl groups excluding tert-OH is 2. The molecule has 4 aromatic carbocycles. The Balaban J connectivity index is 0.000000216. The number of β-amino-alcohol motifs (C(OH)–C–C–N with tert-alkyl or cyclic N) is 2. The lowest BCUT2D eigenvalue weighted by Gasteiger charge is -2.43. The Morgan fingerprint density at radius 1 is 0.514 bits per heavy atom. The van der Waals surface area contributed by atoms with Gasteiger partial charge in [0.05, 0.1) is 34.5 Å². The number of alkyl halides is 6. The lowest BCUT2D eigenvalue weighted by Crippen LogP contribution is -2.56. The second-order valence-corrected chi connectivity index (χ2v) is 19.7. The molecule has 4 aliphatic rings. The zero-order valence-corrected chi connectivity index (χ0v) is 40.3. The predicted octanol–water partition coefficient (Wildman–Crippen LogP) is 9.17. The van der Waals surface area contributed by atoms with E-state index in [4.69, 9.17) is 0 Å². The highest BCUT2D eigenvalue weighted by Gasteiger charge is 2.43. The molecule has 4 fully saturated rings. The summed E-state index contributed by atoms with van der Waals surface area (Å²) in [5, 5.41) is 48.6. The van der Waals surface area contributed by atoms with Crippen LogP contribution in [0.2, 0.25) is 0 Å². The number of benzene rings is 4. The van der Waals surface area contributed by atoms with E-state index < -0.39 is 82.2 Å². The lowest BCUT2D eigenvalue weighted by molar-refractivity contribution is -0.138. The van der Waals surface area contributed by atoms with Crippen LogP contribution in [0.4, 0.5) is 64.9 Å². The largest absolute Gasteiger partial charge is 0.416 e. The molecule has 4 heterocycles. The van der Waals surface area contributed by atoms with Crippen molar-refractivity contribution in [1.29, 1.82) is 0 Å². The highest BCUT2D eigenvalue weighted by Crippen LogP contribution is 2.36. The van der Waals surface area contributed by atoms with Crippen LogP contribution in [0.15, 0.2) is 84.9 Å². The quantitative estimate of drug-likeness (QED) is 0.0862. The maximum absolute atomic E-state index is 13.4. The molecule has 0 bridgehead atoms. The molecule has 22 heteroatoms. The number of piperidine rings is 4. The van der Waals surface area contributed by atoms with Gasteiger partial charge in [-0.25, -0.2) is 27.2 Å². The summed E-state index contributed by atoms with van der Waals surface area (Å²) in [7, 11) is 0. The molecule has 0 spiro atoms. The Labute approximate surface area is 421 Å². The second kappa shape index (κ2) is 23.6. The van der Waals surface area contributed by atoms with Gasteiger partial charge in [-0.3, -0.25) is 0 Å². The molecule has 74 heavy (non-hydrogen) atoms. The van der Waals surface area contributed by atoms with Gasteiger partial charge >= 0.3 is 24.4 Å². The average molecular weight is 1060 g/mol. The Morgan fingerprint density at radius 2 is 0.878 bits per heavy atom. The van der Waals surface area contributed by atoms with Crippen molar-refractivity contribution < 1.29 is 73.9 Å². The molecule has 0 aliphatic carbocycles. The maximum atomic E-state index is 13.4. The summed E-state index contributed by atoms with van der Waals surface area (Å²) in [4.78, 5) is 31.9. The van der Waals surface area contributed by atoms with Gasteiger partial charge < -0.3 is 50.7 Å². The van der Waals surface area contributed by atoms with E-state index in [0.29, 0.717) is 32.2 Å². The van der Waals surface area contributed by atoms with E-state index >= 15 is 0 Å². The van der Waals surface area contributed by atoms with Gasteiger partial charge in [-0.05, 0) is 149 Å². The standard InChI is InChI=1S/2C26H30F5N3O3/c27-20-13-21(28)15-22(14-20)32-24(36)34-11-7-25(37,8-12-34)23(35)16-33-9-5-18(6-10-33)17-1-3-19(4-2-17)26(29,30)31;27-21-6-5-20(15-22(21)28)32-24(36)34-13-9-25(37,10-14-34)23(35)16-33-11-7-18(8-12-33)17-1-3-19(4-2-17)26(29,30)31/h1-4,13-15,18,23,35,37H,5-12,16H2,(H,32,36);1-6,15,18,23,35,37H,7-14,16H2,(H,32,36). The Bertz CT molecular complexity index is 2490. The third-order valence-electron chi connectivity index (χ3n) is 14.8. The van der Waals surface area contributed by atoms with Gasteiger partial charge in [0.25, 0.3) is 0 Å². The van der Waals surface area contributed by atoms with E-state index in [2.05, 4.69) is 10.6 Å². The van der Waals surface area contributed by atoms with Crippen LogP contribution < -0.4 is 10.6 Å². The maximum Gasteiger partial charge on any atom is 0.416 e. The van der Waals surface area contributed by atoms with Gasteiger partial charge in [0, 0.05) is 62.8 Å². The minimum Gasteiger partial charge on any atom is -0.389 e. The van der Waals surface area contributed by atoms with Crippen LogP contribution in [0, 0.1) is 23.3 Å². The van der Waals surface area contributed by atoms with Gasteiger partial charge in [0.15, 0.2) is 11.6 Å². The van der Waals surface area contributed by atoms with Crippen LogP contribution in [0.25, 0.3) is 0 Å². The van der Waals surface area contributed by atoms with E-state index in [1.54, 1.807) is 0 Å². The van der Waals surface area contributed by atoms with E-state index in [1.807, 2.05) is 9.80 Å². The first-order chi connectivity index (χ1) is 34.9. The highest BCUT2D eigenvalue weighted by atomic mass is 19.4. The number of hydrogen-bond acceptors (Lipinski definition) is 8. The number of carbonyl (C=O) groups is 2. The summed E-state index contributed by atoms with van der Waals surface area (Å²) in [5.74, 6) is -3.44. The Kier molecular flexibility index (Phi) is 17.9. The highest BCUT2D eigenvalue weighted by molar-refractivity contribution is 5.90. The van der Waals surface area contributed by atoms with Gasteiger partial charge in [-0.1, -0.05) is 24.3 Å². The molecule has 8 rings (SSSR count). The molecule has 4 amide bonds. The van der Waals surface area contributed by atoms with Crippen molar-refractivity contribution in [2.45, 2.75) is 99.0 Å². The first-order valence-corrected chi connectivity index (χ1v) is 24.5. The van der Waals surface area contributed by atoms with Crippen molar-refractivity contribution in [1.82, 2.24) is 19.6 Å². The monoisotopic (exact) mass is 1050 g/mol. The number of hydrogen-bond donors (Lipinski definition) is 6. The van der Waals surface area contributed by atoms with Crippen molar-refractivity contribution >= 4 is 23.4 Å². The smallest absolute Gasteiger partial charge is 0.389 e. The van der Waals surface area contributed by atoms with Crippen molar-refractivity contribution in [3.05, 3.63) is 130 Å². The number of nitrogens with zero attached hydrogens (tertiary/aromatic N) is 4. The molecule has 6 N–H and O–H groups in total. The average Bonchev–Trinajstić information content (AvgIpc) is 3.35. The number of anilines is 2. The normalized spacial score (nSPS) is 20.0. The van der Waals surface area contributed by atoms with E-state index in [9.17, 15) is 73.9 Å². The fraction of sp³-hybridized carbons (Fsp3) is 0.500. The zero-order chi connectivity index (χ0) is 53.6. The van der Waals surface area contributed by atoms with Crippen LogP contribution >= 0.6 is 0 Å². The second-order valence-electron chi connectivity index (χ2n) is 19.7. The number of nitrogens with one attached hydrogen (secondary N) is 2. The van der Waals surface area contributed by atoms with Crippen molar-refractivity contribution in [2.24, 2.45) is 0 Å². The van der Waals surface area contributed by atoms with Crippen LogP contribution in [0.5, 0.6) is 0 Å². The Morgan fingerprint density at radius 3 is 1.23 bits per heavy atom. The molecule has 0 saturated carbocycles. The van der Waals surface area contributed by atoms with E-state index in [0.717, 1.165) is 85.3 Å². The SMILES string of the molecule is O=C(Nc1cc(F)cc(F)c1)N1CCC(O)(C(O)CN2CCC(c3ccc(C(F)(F)F)cc3)CC2)CC1.O=C(Nc1ccc(F)c(F)c1)N1CCC(O)(C(O)CN2CCC(c3ccc(C(F)(F)F)cc3)CC2)CC1. The molecule has 4 saturated heterocycles. The van der Waals surface area contributed by atoms with Gasteiger partial charge in [0.2, 0.25) is 0 Å². The van der Waals surface area contributed by atoms with Gasteiger partial charge in [-0.15, -0.1) is 0 Å². The molecule has 12 nitrogen and oxygen atoms in total. The molecule has 2 atom stereocenters. The molecule has 4 aliphatic heterocycles. The van der Waals surface area contributed by atoms with Crippen LogP contribution in [-0.4, -0.2) is 141 Å². The lowest BCUT2D eigenvalue weighted by atomic mass is 9.84. The van der Waals surface area contributed by atoms with Crippen molar-refractivity contribution in [2.75, 3.05) is 76.1 Å². The summed E-state index contributed by atoms with van der Waals surface area (Å²) in [6.07, 6.45) is -7.30. The number of carbonyl (C=O) groups excluding carboxylic acids is 2. The summed E-state index contributed by atoms with van der Waals surface area (Å²) < 4.78 is 130. The minimum absolute atomic E-state index is 0.0110. The van der Waals surface area contributed by atoms with E-state index in [1.165, 1.54) is 40.1 Å². The number of rotatable bonds is 10. The summed E-state index contributed by atoms with van der Waals surface area (Å²) in [6.45, 7) is 3.72. The zero-order valence-electron chi connectivity index (χ0n) is 40.3. The summed E-state index contributed by atoms with van der Waals surface area (Å²) >= 11 is 0. The number of likely N-dealkylation sites (tertiary alicyclic amines) is 4. The molecular weight excluding hydrogens is 995 g/mol. The minimum atomic E-state index is -4.36. The third kappa shape index (κ3) is 14.7. The molecule has 2 unspecified atom stereocenters.